The number of carbonyl (C=O) groups is 1. The van der Waals surface area contributed by atoms with Crippen LogP contribution in [0, 0.1) is 6.92 Å². The molecule has 0 aliphatic carbocycles. The Bertz CT molecular complexity index is 1030. The Hall–Kier alpha value is -2.51. The highest BCUT2D eigenvalue weighted by Crippen LogP contribution is 2.30. The maximum absolute atomic E-state index is 12.9. The zero-order valence-electron chi connectivity index (χ0n) is 16.0. The molecule has 28 heavy (non-hydrogen) atoms. The average Bonchev–Trinajstić information content (AvgIpc) is 3.08. The molecule has 0 radical (unpaired) electrons. The van der Waals surface area contributed by atoms with Gasteiger partial charge in [-0.05, 0) is 43.9 Å². The molecule has 3 aromatic rings. The summed E-state index contributed by atoms with van der Waals surface area (Å²) in [6.45, 7) is 3.70. The van der Waals surface area contributed by atoms with E-state index in [0.717, 1.165) is 49.2 Å². The van der Waals surface area contributed by atoms with Crippen molar-refractivity contribution in [1.29, 1.82) is 0 Å². The number of amides is 1. The molecule has 0 atom stereocenters. The van der Waals surface area contributed by atoms with Gasteiger partial charge in [0.1, 0.15) is 0 Å². The molecule has 0 saturated carbocycles. The SMILES string of the molecule is COCc1nn2c(C)c(C(=O)N3CCCCC3)nnc2c1-c1cccc(Cl)c1. The van der Waals surface area contributed by atoms with Crippen LogP contribution in [-0.4, -0.2) is 50.8 Å². The van der Waals surface area contributed by atoms with E-state index >= 15 is 0 Å². The van der Waals surface area contributed by atoms with Crippen molar-refractivity contribution in [2.45, 2.75) is 32.8 Å². The molecule has 1 aromatic carbocycles. The summed E-state index contributed by atoms with van der Waals surface area (Å²) in [7, 11) is 1.62. The van der Waals surface area contributed by atoms with Crippen molar-refractivity contribution in [2.24, 2.45) is 0 Å². The zero-order chi connectivity index (χ0) is 19.7. The van der Waals surface area contributed by atoms with E-state index in [1.54, 1.807) is 11.6 Å². The topological polar surface area (TPSA) is 72.6 Å². The van der Waals surface area contributed by atoms with Crippen LogP contribution < -0.4 is 0 Å². The van der Waals surface area contributed by atoms with Crippen molar-refractivity contribution in [3.05, 3.63) is 46.4 Å². The molecule has 1 aliphatic heterocycles. The molecule has 8 heteroatoms. The molecule has 0 unspecified atom stereocenters. The van der Waals surface area contributed by atoms with Crippen LogP contribution in [0.4, 0.5) is 0 Å². The Kier molecular flexibility index (Phi) is 5.28. The van der Waals surface area contributed by atoms with Crippen LogP contribution in [0.15, 0.2) is 24.3 Å². The van der Waals surface area contributed by atoms with Gasteiger partial charge in [-0.15, -0.1) is 10.2 Å². The number of halogens is 1. The zero-order valence-corrected chi connectivity index (χ0v) is 16.7. The molecule has 0 spiro atoms. The molecule has 1 fully saturated rings. The number of likely N-dealkylation sites (tertiary alicyclic amines) is 1. The molecule has 2 aromatic heterocycles. The summed E-state index contributed by atoms with van der Waals surface area (Å²) in [4.78, 5) is 14.8. The number of benzene rings is 1. The molecule has 3 heterocycles. The van der Waals surface area contributed by atoms with Gasteiger partial charge in [-0.1, -0.05) is 23.7 Å². The molecular formula is C20H22ClN5O2. The first-order valence-corrected chi connectivity index (χ1v) is 9.77. The maximum atomic E-state index is 12.9. The van der Waals surface area contributed by atoms with E-state index in [1.807, 2.05) is 36.1 Å². The maximum Gasteiger partial charge on any atom is 0.276 e. The number of aromatic nitrogens is 4. The molecular weight excluding hydrogens is 378 g/mol. The average molecular weight is 400 g/mol. The van der Waals surface area contributed by atoms with Crippen molar-refractivity contribution >= 4 is 23.2 Å². The highest BCUT2D eigenvalue weighted by Gasteiger charge is 2.25. The number of rotatable bonds is 4. The van der Waals surface area contributed by atoms with E-state index in [4.69, 9.17) is 16.3 Å². The number of piperidine rings is 1. The third kappa shape index (κ3) is 3.36. The Balaban J connectivity index is 1.84. The molecule has 0 N–H and O–H groups in total. The monoisotopic (exact) mass is 399 g/mol. The largest absolute Gasteiger partial charge is 0.378 e. The van der Waals surface area contributed by atoms with Gasteiger partial charge < -0.3 is 9.64 Å². The normalized spacial score (nSPS) is 14.6. The summed E-state index contributed by atoms with van der Waals surface area (Å²) >= 11 is 6.18. The summed E-state index contributed by atoms with van der Waals surface area (Å²) in [5, 5.41) is 14.0. The van der Waals surface area contributed by atoms with Crippen LogP contribution in [0.25, 0.3) is 16.8 Å². The number of fused-ring (bicyclic) bond motifs is 1. The van der Waals surface area contributed by atoms with Crippen molar-refractivity contribution in [1.82, 2.24) is 24.7 Å². The molecule has 1 aliphatic rings. The lowest BCUT2D eigenvalue weighted by Gasteiger charge is -2.26. The number of methoxy groups -OCH3 is 1. The first-order valence-electron chi connectivity index (χ1n) is 9.39. The fraction of sp³-hybridized carbons (Fsp3) is 0.400. The number of nitrogens with zero attached hydrogens (tertiary/aromatic N) is 5. The molecule has 1 amide bonds. The van der Waals surface area contributed by atoms with E-state index in [9.17, 15) is 4.79 Å². The highest BCUT2D eigenvalue weighted by molar-refractivity contribution is 6.30. The van der Waals surface area contributed by atoms with Gasteiger partial charge in [0.15, 0.2) is 11.3 Å². The van der Waals surface area contributed by atoms with E-state index in [1.165, 1.54) is 0 Å². The lowest BCUT2D eigenvalue weighted by molar-refractivity contribution is 0.0715. The first-order chi connectivity index (χ1) is 13.6. The Morgan fingerprint density at radius 1 is 1.21 bits per heavy atom. The fourth-order valence-electron chi connectivity index (χ4n) is 3.67. The van der Waals surface area contributed by atoms with Gasteiger partial charge in [-0.25, -0.2) is 4.52 Å². The predicted molar refractivity (Wildman–Crippen MR) is 106 cm³/mol. The number of carbonyl (C=O) groups excluding carboxylic acids is 1. The standard InChI is InChI=1S/C20H22ClN5O2/c1-13-18(20(27)25-9-4-3-5-10-25)22-23-19-17(14-7-6-8-15(21)11-14)16(12-28-2)24-26(13)19/h6-8,11H,3-5,9-10,12H2,1-2H3. The van der Waals surface area contributed by atoms with Gasteiger partial charge in [0.05, 0.1) is 23.6 Å². The molecule has 4 rings (SSSR count). The van der Waals surface area contributed by atoms with E-state index in [2.05, 4.69) is 15.3 Å². The quantitative estimate of drug-likeness (QED) is 0.671. The minimum absolute atomic E-state index is 0.0836. The van der Waals surface area contributed by atoms with Crippen molar-refractivity contribution in [3.8, 4) is 11.1 Å². The van der Waals surface area contributed by atoms with E-state index in [0.29, 0.717) is 28.7 Å². The molecule has 7 nitrogen and oxygen atoms in total. The van der Waals surface area contributed by atoms with Crippen molar-refractivity contribution < 1.29 is 9.53 Å². The Morgan fingerprint density at radius 2 is 2.00 bits per heavy atom. The lowest BCUT2D eigenvalue weighted by atomic mass is 10.1. The van der Waals surface area contributed by atoms with Crippen LogP contribution in [0.1, 0.15) is 41.1 Å². The van der Waals surface area contributed by atoms with Gasteiger partial charge in [0.25, 0.3) is 5.91 Å². The van der Waals surface area contributed by atoms with Gasteiger partial charge in [-0.2, -0.15) is 5.10 Å². The Morgan fingerprint density at radius 3 is 2.71 bits per heavy atom. The van der Waals surface area contributed by atoms with Crippen LogP contribution in [0.3, 0.4) is 0 Å². The smallest absolute Gasteiger partial charge is 0.276 e. The van der Waals surface area contributed by atoms with Crippen LogP contribution in [-0.2, 0) is 11.3 Å². The van der Waals surface area contributed by atoms with Gasteiger partial charge in [0.2, 0.25) is 0 Å². The molecule has 1 saturated heterocycles. The number of hydrogen-bond donors (Lipinski definition) is 0. The van der Waals surface area contributed by atoms with Crippen molar-refractivity contribution in [3.63, 3.8) is 0 Å². The van der Waals surface area contributed by atoms with Gasteiger partial charge in [-0.3, -0.25) is 4.79 Å². The van der Waals surface area contributed by atoms with Gasteiger partial charge >= 0.3 is 0 Å². The predicted octanol–water partition coefficient (Wildman–Crippen LogP) is 3.53. The summed E-state index contributed by atoms with van der Waals surface area (Å²) in [6.07, 6.45) is 3.22. The summed E-state index contributed by atoms with van der Waals surface area (Å²) < 4.78 is 7.02. The third-order valence-electron chi connectivity index (χ3n) is 5.08. The first kappa shape index (κ1) is 18.8. The van der Waals surface area contributed by atoms with Crippen LogP contribution >= 0.6 is 11.6 Å². The lowest BCUT2D eigenvalue weighted by Crippen LogP contribution is -2.37. The second-order valence-corrected chi connectivity index (χ2v) is 7.42. The van der Waals surface area contributed by atoms with E-state index in [-0.39, 0.29) is 5.91 Å². The number of hydrogen-bond acceptors (Lipinski definition) is 5. The second-order valence-electron chi connectivity index (χ2n) is 6.99. The highest BCUT2D eigenvalue weighted by atomic mass is 35.5. The Labute approximate surface area is 168 Å². The summed E-state index contributed by atoms with van der Waals surface area (Å²) in [5.41, 5.74) is 4.03. The number of ether oxygens (including phenoxy) is 1. The molecule has 146 valence electrons. The molecule has 0 bridgehead atoms. The third-order valence-corrected chi connectivity index (χ3v) is 5.31. The summed E-state index contributed by atoms with van der Waals surface area (Å²) in [5.74, 6) is -0.0836. The fourth-order valence-corrected chi connectivity index (χ4v) is 3.86. The number of aryl methyl sites for hydroxylation is 1. The van der Waals surface area contributed by atoms with Gasteiger partial charge in [0, 0.05) is 25.2 Å². The van der Waals surface area contributed by atoms with Crippen LogP contribution in [0.2, 0.25) is 5.02 Å². The van der Waals surface area contributed by atoms with Crippen molar-refractivity contribution in [2.75, 3.05) is 20.2 Å². The van der Waals surface area contributed by atoms with E-state index < -0.39 is 0 Å². The minimum Gasteiger partial charge on any atom is -0.378 e. The minimum atomic E-state index is -0.0836. The second kappa shape index (κ2) is 7.85. The van der Waals surface area contributed by atoms with Crippen LogP contribution in [0.5, 0.6) is 0 Å². The summed E-state index contributed by atoms with van der Waals surface area (Å²) in [6, 6.07) is 7.51.